The number of hydrogen-bond acceptors (Lipinski definition) is 3. The molecule has 0 bridgehead atoms. The molecule has 0 spiro atoms. The van der Waals surface area contributed by atoms with Crippen LogP contribution in [-0.4, -0.2) is 41.5 Å². The lowest BCUT2D eigenvalue weighted by atomic mass is 9.74. The number of carbonyl (C=O) groups excluding carboxylic acids is 2. The minimum Gasteiger partial charge on any atom is -0.322 e. The zero-order valence-electron chi connectivity index (χ0n) is 16.4. The maximum atomic E-state index is 14.5. The van der Waals surface area contributed by atoms with E-state index < -0.39 is 5.54 Å². The first-order valence-corrected chi connectivity index (χ1v) is 10.7. The minimum absolute atomic E-state index is 0.0144. The van der Waals surface area contributed by atoms with Crippen LogP contribution in [0, 0.1) is 11.7 Å². The van der Waals surface area contributed by atoms with Crippen molar-refractivity contribution in [2.45, 2.75) is 69.4 Å². The van der Waals surface area contributed by atoms with Gasteiger partial charge in [-0.15, -0.1) is 0 Å². The number of benzene rings is 1. The second-order valence-electron chi connectivity index (χ2n) is 8.51. The number of hydrogen-bond donors (Lipinski definition) is 2. The van der Waals surface area contributed by atoms with E-state index in [0.29, 0.717) is 5.56 Å². The van der Waals surface area contributed by atoms with E-state index in [9.17, 15) is 14.0 Å². The molecule has 6 heteroatoms. The van der Waals surface area contributed by atoms with Gasteiger partial charge in [0.1, 0.15) is 11.4 Å². The third-order valence-electron chi connectivity index (χ3n) is 6.80. The number of halogens is 1. The molecular formula is C22H30FN3O2. The second kappa shape index (κ2) is 8.19. The molecule has 1 saturated carbocycles. The Morgan fingerprint density at radius 1 is 1.00 bits per heavy atom. The fraction of sp³-hybridized carbons (Fsp3) is 0.636. The summed E-state index contributed by atoms with van der Waals surface area (Å²) in [6.07, 6.45) is 8.01. The number of imide groups is 1. The minimum atomic E-state index is -1.03. The number of rotatable bonds is 4. The first-order valence-electron chi connectivity index (χ1n) is 10.7. The smallest absolute Gasteiger partial charge is 0.322 e. The molecular weight excluding hydrogens is 357 g/mol. The van der Waals surface area contributed by atoms with Crippen LogP contribution < -0.4 is 10.6 Å². The maximum Gasteiger partial charge on any atom is 0.325 e. The standard InChI is InChI=1S/C22H30FN3O2/c23-19-10-6-5-7-16(19)15-22(17-11-13-24-14-12-17)20(27)26(21(28)25-22)18-8-3-1-2-4-9-18/h5-7,10,17-18,24H,1-4,8-9,11-15H2,(H,25,28). The molecule has 1 aromatic rings. The molecule has 1 aliphatic carbocycles. The first kappa shape index (κ1) is 19.4. The normalized spacial score (nSPS) is 27.7. The molecule has 2 N–H and O–H groups in total. The third-order valence-corrected chi connectivity index (χ3v) is 6.80. The highest BCUT2D eigenvalue weighted by Crippen LogP contribution is 2.38. The fourth-order valence-electron chi connectivity index (χ4n) is 5.26. The van der Waals surface area contributed by atoms with Crippen LogP contribution in [0.3, 0.4) is 0 Å². The van der Waals surface area contributed by atoms with Gasteiger partial charge in [0.25, 0.3) is 5.91 Å². The van der Waals surface area contributed by atoms with Gasteiger partial charge in [0, 0.05) is 12.5 Å². The number of nitrogens with zero attached hydrogens (tertiary/aromatic N) is 1. The Balaban J connectivity index is 1.67. The van der Waals surface area contributed by atoms with E-state index in [0.717, 1.165) is 64.5 Å². The second-order valence-corrected chi connectivity index (χ2v) is 8.51. The van der Waals surface area contributed by atoms with Gasteiger partial charge in [-0.1, -0.05) is 43.9 Å². The van der Waals surface area contributed by atoms with Crippen molar-refractivity contribution in [3.8, 4) is 0 Å². The molecule has 1 aromatic carbocycles. The van der Waals surface area contributed by atoms with Gasteiger partial charge in [-0.2, -0.15) is 0 Å². The number of carbonyl (C=O) groups is 2. The summed E-state index contributed by atoms with van der Waals surface area (Å²) in [6, 6.07) is 6.29. The molecule has 5 nitrogen and oxygen atoms in total. The number of amides is 3. The molecule has 2 aliphatic heterocycles. The summed E-state index contributed by atoms with van der Waals surface area (Å²) in [5.41, 5.74) is -0.536. The lowest BCUT2D eigenvalue weighted by molar-refractivity contribution is -0.135. The molecule has 1 atom stereocenters. The van der Waals surface area contributed by atoms with E-state index in [1.165, 1.54) is 11.0 Å². The van der Waals surface area contributed by atoms with Gasteiger partial charge in [0.05, 0.1) is 0 Å². The monoisotopic (exact) mass is 387 g/mol. The molecule has 2 heterocycles. The van der Waals surface area contributed by atoms with Crippen LogP contribution in [0.1, 0.15) is 56.9 Å². The lowest BCUT2D eigenvalue weighted by Gasteiger charge is -2.38. The summed E-state index contributed by atoms with van der Waals surface area (Å²) < 4.78 is 14.5. The van der Waals surface area contributed by atoms with Crippen molar-refractivity contribution >= 4 is 11.9 Å². The molecule has 4 rings (SSSR count). The number of nitrogens with one attached hydrogen (secondary N) is 2. The van der Waals surface area contributed by atoms with Crippen molar-refractivity contribution in [3.05, 3.63) is 35.6 Å². The van der Waals surface area contributed by atoms with Crippen molar-refractivity contribution in [2.24, 2.45) is 5.92 Å². The van der Waals surface area contributed by atoms with Crippen molar-refractivity contribution in [1.82, 2.24) is 15.5 Å². The quantitative estimate of drug-likeness (QED) is 0.615. The van der Waals surface area contributed by atoms with E-state index in [1.54, 1.807) is 18.2 Å². The summed E-state index contributed by atoms with van der Waals surface area (Å²) in [5.74, 6) is -0.439. The van der Waals surface area contributed by atoms with Gasteiger partial charge in [0.15, 0.2) is 0 Å². The molecule has 28 heavy (non-hydrogen) atoms. The highest BCUT2D eigenvalue weighted by molar-refractivity contribution is 6.07. The van der Waals surface area contributed by atoms with Crippen LogP contribution in [0.4, 0.5) is 9.18 Å². The zero-order valence-corrected chi connectivity index (χ0v) is 16.4. The first-order chi connectivity index (χ1) is 13.6. The third kappa shape index (κ3) is 3.54. The highest BCUT2D eigenvalue weighted by atomic mass is 19.1. The van der Waals surface area contributed by atoms with Crippen LogP contribution in [0.5, 0.6) is 0 Å². The molecule has 0 aromatic heterocycles. The summed E-state index contributed by atoms with van der Waals surface area (Å²) in [7, 11) is 0. The SMILES string of the molecule is O=C1NC(Cc2ccccc2F)(C2CCNCC2)C(=O)N1C1CCCCCC1. The Bertz CT molecular complexity index is 726. The predicted octanol–water partition coefficient (Wildman–Crippen LogP) is 3.38. The Labute approximate surface area is 166 Å². The predicted molar refractivity (Wildman–Crippen MR) is 105 cm³/mol. The molecule has 0 radical (unpaired) electrons. The van der Waals surface area contributed by atoms with Gasteiger partial charge in [-0.3, -0.25) is 9.69 Å². The molecule has 152 valence electrons. The molecule has 3 amide bonds. The topological polar surface area (TPSA) is 61.4 Å². The summed E-state index contributed by atoms with van der Waals surface area (Å²) in [6.45, 7) is 1.63. The zero-order chi connectivity index (χ0) is 19.6. The van der Waals surface area contributed by atoms with Crippen molar-refractivity contribution in [3.63, 3.8) is 0 Å². The summed E-state index contributed by atoms with van der Waals surface area (Å²) in [5, 5.41) is 6.40. The largest absolute Gasteiger partial charge is 0.325 e. The van der Waals surface area contributed by atoms with Crippen LogP contribution in [0.25, 0.3) is 0 Å². The van der Waals surface area contributed by atoms with E-state index in [4.69, 9.17) is 0 Å². The van der Waals surface area contributed by atoms with Crippen molar-refractivity contribution < 1.29 is 14.0 Å². The van der Waals surface area contributed by atoms with Crippen LogP contribution in [0.2, 0.25) is 0 Å². The molecule has 3 fully saturated rings. The lowest BCUT2D eigenvalue weighted by Crippen LogP contribution is -2.57. The maximum absolute atomic E-state index is 14.5. The number of urea groups is 1. The Morgan fingerprint density at radius 2 is 1.68 bits per heavy atom. The van der Waals surface area contributed by atoms with Gasteiger partial charge >= 0.3 is 6.03 Å². The molecule has 1 unspecified atom stereocenters. The van der Waals surface area contributed by atoms with E-state index in [-0.39, 0.29) is 36.1 Å². The number of piperidine rings is 1. The van der Waals surface area contributed by atoms with Crippen LogP contribution >= 0.6 is 0 Å². The molecule has 2 saturated heterocycles. The van der Waals surface area contributed by atoms with E-state index in [1.807, 2.05) is 0 Å². The van der Waals surface area contributed by atoms with Crippen molar-refractivity contribution in [1.29, 1.82) is 0 Å². The van der Waals surface area contributed by atoms with Gasteiger partial charge in [0.2, 0.25) is 0 Å². The summed E-state index contributed by atoms with van der Waals surface area (Å²) in [4.78, 5) is 28.3. The fourth-order valence-corrected chi connectivity index (χ4v) is 5.26. The molecule has 3 aliphatic rings. The van der Waals surface area contributed by atoms with Gasteiger partial charge < -0.3 is 10.6 Å². The van der Waals surface area contributed by atoms with Crippen LogP contribution in [0.15, 0.2) is 24.3 Å². The van der Waals surface area contributed by atoms with Gasteiger partial charge in [-0.25, -0.2) is 9.18 Å². The van der Waals surface area contributed by atoms with Gasteiger partial charge in [-0.05, 0) is 56.3 Å². The Kier molecular flexibility index (Phi) is 5.67. The average molecular weight is 387 g/mol. The Hall–Kier alpha value is -1.95. The van der Waals surface area contributed by atoms with Crippen LogP contribution in [-0.2, 0) is 11.2 Å². The van der Waals surface area contributed by atoms with E-state index >= 15 is 0 Å². The highest BCUT2D eigenvalue weighted by Gasteiger charge is 2.57. The average Bonchev–Trinajstić information content (AvgIpc) is 2.87. The van der Waals surface area contributed by atoms with E-state index in [2.05, 4.69) is 10.6 Å². The Morgan fingerprint density at radius 3 is 2.36 bits per heavy atom. The summed E-state index contributed by atoms with van der Waals surface area (Å²) >= 11 is 0. The van der Waals surface area contributed by atoms with Crippen molar-refractivity contribution in [2.75, 3.05) is 13.1 Å².